The van der Waals surface area contributed by atoms with Gasteiger partial charge >= 0.3 is 0 Å². The average Bonchev–Trinajstić information content (AvgIpc) is 2.87. The number of hydrogen-bond acceptors (Lipinski definition) is 4. The maximum atomic E-state index is 12.8. The van der Waals surface area contributed by atoms with Crippen molar-refractivity contribution in [3.8, 4) is 0 Å². The molecule has 0 fully saturated rings. The first kappa shape index (κ1) is 18.1. The van der Waals surface area contributed by atoms with Crippen molar-refractivity contribution in [3.05, 3.63) is 65.0 Å². The van der Waals surface area contributed by atoms with Gasteiger partial charge in [0.25, 0.3) is 17.7 Å². The van der Waals surface area contributed by atoms with E-state index in [-0.39, 0.29) is 23.2 Å². The maximum absolute atomic E-state index is 12.8. The molecule has 134 valence electrons. The molecular formula is C19H17FN2O3S. The molecule has 0 aliphatic carbocycles. The summed E-state index contributed by atoms with van der Waals surface area (Å²) in [6, 6.07) is 10.8. The van der Waals surface area contributed by atoms with E-state index in [4.69, 9.17) is 0 Å². The summed E-state index contributed by atoms with van der Waals surface area (Å²) in [6.45, 7) is 0.483. The zero-order valence-electron chi connectivity index (χ0n) is 14.1. The number of imide groups is 1. The molecule has 1 aliphatic heterocycles. The van der Waals surface area contributed by atoms with Gasteiger partial charge in [0, 0.05) is 24.1 Å². The van der Waals surface area contributed by atoms with E-state index in [1.54, 1.807) is 30.0 Å². The van der Waals surface area contributed by atoms with Crippen LogP contribution in [0, 0.1) is 5.82 Å². The molecule has 1 heterocycles. The second-order valence-corrected chi connectivity index (χ2v) is 7.01. The number of hydrogen-bond donors (Lipinski definition) is 1. The predicted molar refractivity (Wildman–Crippen MR) is 96.9 cm³/mol. The van der Waals surface area contributed by atoms with Crippen molar-refractivity contribution in [2.75, 3.05) is 19.3 Å². The molecule has 3 rings (SSSR count). The van der Waals surface area contributed by atoms with Gasteiger partial charge in [-0.05, 0) is 54.6 Å². The van der Waals surface area contributed by atoms with E-state index < -0.39 is 5.91 Å². The first-order valence-electron chi connectivity index (χ1n) is 8.10. The van der Waals surface area contributed by atoms with Crippen LogP contribution in [-0.2, 0) is 0 Å². The van der Waals surface area contributed by atoms with Crippen LogP contribution in [0.4, 0.5) is 4.39 Å². The van der Waals surface area contributed by atoms with Gasteiger partial charge in [-0.3, -0.25) is 19.3 Å². The minimum absolute atomic E-state index is 0.261. The molecule has 2 aromatic carbocycles. The number of halogens is 1. The Hall–Kier alpha value is -2.67. The number of nitrogens with zero attached hydrogens (tertiary/aromatic N) is 1. The summed E-state index contributed by atoms with van der Waals surface area (Å²) in [6.07, 6.45) is 0.749. The molecule has 0 saturated heterocycles. The van der Waals surface area contributed by atoms with Crippen LogP contribution in [0.1, 0.15) is 37.5 Å². The van der Waals surface area contributed by atoms with Gasteiger partial charge in [-0.2, -0.15) is 0 Å². The van der Waals surface area contributed by atoms with Crippen LogP contribution in [0.5, 0.6) is 0 Å². The minimum Gasteiger partial charge on any atom is -0.352 e. The Labute approximate surface area is 154 Å². The lowest BCUT2D eigenvalue weighted by Gasteiger charge is -2.06. The molecule has 1 aliphatic rings. The van der Waals surface area contributed by atoms with Gasteiger partial charge in [0.05, 0.1) is 11.1 Å². The van der Waals surface area contributed by atoms with Crippen molar-refractivity contribution >= 4 is 29.5 Å². The second kappa shape index (κ2) is 7.70. The zero-order valence-corrected chi connectivity index (χ0v) is 14.9. The summed E-state index contributed by atoms with van der Waals surface area (Å²) in [7, 11) is 1.42. The Bertz CT molecular complexity index is 868. The lowest BCUT2D eigenvalue weighted by atomic mass is 10.1. The van der Waals surface area contributed by atoms with Gasteiger partial charge in [-0.25, -0.2) is 4.39 Å². The number of nitrogens with one attached hydrogen (secondary N) is 1. The first-order chi connectivity index (χ1) is 12.5. The number of rotatable bonds is 6. The normalized spacial score (nSPS) is 13.1. The summed E-state index contributed by atoms with van der Waals surface area (Å²) >= 11 is 1.59. The lowest BCUT2D eigenvalue weighted by Crippen LogP contribution is -2.25. The van der Waals surface area contributed by atoms with Crippen molar-refractivity contribution in [2.45, 2.75) is 11.3 Å². The van der Waals surface area contributed by atoms with E-state index in [9.17, 15) is 18.8 Å². The first-order valence-corrected chi connectivity index (χ1v) is 9.09. The second-order valence-electron chi connectivity index (χ2n) is 5.84. The Balaban J connectivity index is 1.49. The van der Waals surface area contributed by atoms with Gasteiger partial charge in [0.2, 0.25) is 0 Å². The van der Waals surface area contributed by atoms with E-state index >= 15 is 0 Å². The molecule has 0 spiro atoms. The number of thioether (sulfide) groups is 1. The van der Waals surface area contributed by atoms with E-state index in [0.29, 0.717) is 17.7 Å². The minimum atomic E-state index is -0.393. The van der Waals surface area contributed by atoms with Crippen molar-refractivity contribution in [1.29, 1.82) is 0 Å². The predicted octanol–water partition coefficient (Wildman–Crippen LogP) is 2.96. The molecular weight excluding hydrogens is 355 g/mol. The highest BCUT2D eigenvalue weighted by Gasteiger charge is 2.33. The summed E-state index contributed by atoms with van der Waals surface area (Å²) in [5.41, 5.74) is 0.938. The Morgan fingerprint density at radius 1 is 1.08 bits per heavy atom. The molecule has 5 nitrogen and oxygen atoms in total. The van der Waals surface area contributed by atoms with Crippen molar-refractivity contribution in [3.63, 3.8) is 0 Å². The molecule has 7 heteroatoms. The van der Waals surface area contributed by atoms with Crippen LogP contribution in [0.15, 0.2) is 47.4 Å². The number of amides is 3. The SMILES string of the molecule is CN1C(=O)c2ccc(C(=O)NCCCSc3ccc(F)cc3)cc2C1=O. The van der Waals surface area contributed by atoms with Crippen LogP contribution in [-0.4, -0.2) is 42.0 Å². The van der Waals surface area contributed by atoms with Gasteiger partial charge < -0.3 is 5.32 Å². The van der Waals surface area contributed by atoms with E-state index in [2.05, 4.69) is 5.32 Å². The van der Waals surface area contributed by atoms with Gasteiger partial charge in [-0.15, -0.1) is 11.8 Å². The molecule has 2 aromatic rings. The molecule has 26 heavy (non-hydrogen) atoms. The van der Waals surface area contributed by atoms with E-state index in [0.717, 1.165) is 22.0 Å². The molecule has 1 N–H and O–H groups in total. The van der Waals surface area contributed by atoms with E-state index in [1.807, 2.05) is 0 Å². The third-order valence-electron chi connectivity index (χ3n) is 4.04. The fourth-order valence-corrected chi connectivity index (χ4v) is 3.45. The molecule has 0 bridgehead atoms. The fourth-order valence-electron chi connectivity index (χ4n) is 2.60. The van der Waals surface area contributed by atoms with Crippen molar-refractivity contribution in [2.24, 2.45) is 0 Å². The molecule has 3 amide bonds. The van der Waals surface area contributed by atoms with Crippen LogP contribution in [0.25, 0.3) is 0 Å². The van der Waals surface area contributed by atoms with E-state index in [1.165, 1.54) is 31.3 Å². The monoisotopic (exact) mass is 372 g/mol. The van der Waals surface area contributed by atoms with Crippen LogP contribution >= 0.6 is 11.8 Å². The molecule has 0 unspecified atom stereocenters. The molecule has 0 aromatic heterocycles. The lowest BCUT2D eigenvalue weighted by molar-refractivity contribution is 0.0693. The van der Waals surface area contributed by atoms with Gasteiger partial charge in [0.1, 0.15) is 5.82 Å². The quantitative estimate of drug-likeness (QED) is 0.481. The Morgan fingerprint density at radius 2 is 1.77 bits per heavy atom. The van der Waals surface area contributed by atoms with Crippen LogP contribution in [0.2, 0.25) is 0 Å². The third-order valence-corrected chi connectivity index (χ3v) is 5.14. The highest BCUT2D eigenvalue weighted by molar-refractivity contribution is 7.99. The standard InChI is InChI=1S/C19H17FN2O3S/c1-22-18(24)15-8-3-12(11-16(15)19(22)25)17(23)21-9-2-10-26-14-6-4-13(20)5-7-14/h3-8,11H,2,9-10H2,1H3,(H,21,23). The van der Waals surface area contributed by atoms with Crippen molar-refractivity contribution in [1.82, 2.24) is 10.2 Å². The fraction of sp³-hybridized carbons (Fsp3) is 0.211. The Kier molecular flexibility index (Phi) is 5.37. The maximum Gasteiger partial charge on any atom is 0.261 e. The summed E-state index contributed by atoms with van der Waals surface area (Å²) in [5, 5.41) is 2.80. The Morgan fingerprint density at radius 3 is 2.50 bits per heavy atom. The average molecular weight is 372 g/mol. The van der Waals surface area contributed by atoms with Crippen molar-refractivity contribution < 1.29 is 18.8 Å². The molecule has 0 atom stereocenters. The van der Waals surface area contributed by atoms with Crippen LogP contribution in [0.3, 0.4) is 0 Å². The molecule has 0 saturated carbocycles. The summed E-state index contributed by atoms with van der Waals surface area (Å²) in [5.74, 6) is -0.504. The highest BCUT2D eigenvalue weighted by atomic mass is 32.2. The van der Waals surface area contributed by atoms with Crippen LogP contribution < -0.4 is 5.32 Å². The third kappa shape index (κ3) is 3.77. The summed E-state index contributed by atoms with van der Waals surface area (Å²) < 4.78 is 12.8. The summed E-state index contributed by atoms with van der Waals surface area (Å²) in [4.78, 5) is 38.1. The molecule has 0 radical (unpaired) electrons. The smallest absolute Gasteiger partial charge is 0.261 e. The number of carbonyl (C=O) groups excluding carboxylic acids is 3. The zero-order chi connectivity index (χ0) is 18.7. The largest absolute Gasteiger partial charge is 0.352 e. The number of carbonyl (C=O) groups is 3. The highest BCUT2D eigenvalue weighted by Crippen LogP contribution is 2.23. The number of fused-ring (bicyclic) bond motifs is 1. The van der Waals surface area contributed by atoms with Gasteiger partial charge in [0.15, 0.2) is 0 Å². The topological polar surface area (TPSA) is 66.5 Å². The number of benzene rings is 2. The van der Waals surface area contributed by atoms with Gasteiger partial charge in [-0.1, -0.05) is 0 Å².